The lowest BCUT2D eigenvalue weighted by molar-refractivity contribution is -0.118. The van der Waals surface area contributed by atoms with Crippen molar-refractivity contribution in [2.45, 2.75) is 19.0 Å². The van der Waals surface area contributed by atoms with Crippen LogP contribution in [0.5, 0.6) is 0 Å². The van der Waals surface area contributed by atoms with Gasteiger partial charge in [-0.15, -0.1) is 0 Å². The van der Waals surface area contributed by atoms with E-state index in [9.17, 15) is 4.79 Å². The smallest absolute Gasteiger partial charge is 0.241 e. The van der Waals surface area contributed by atoms with E-state index in [-0.39, 0.29) is 11.9 Å². The standard InChI is InChI=1S/C16H14Cl2N2O/c17-13-6-5-12(8-14(13)18)20-16(21)15-7-10-3-1-2-4-11(10)9-19-15/h1-6,8,15,19H,7,9H2,(H,20,21). The molecule has 0 radical (unpaired) electrons. The van der Waals surface area contributed by atoms with E-state index in [1.165, 1.54) is 11.1 Å². The third-order valence-electron chi connectivity index (χ3n) is 3.58. The molecule has 1 unspecified atom stereocenters. The van der Waals surface area contributed by atoms with E-state index >= 15 is 0 Å². The molecule has 0 saturated heterocycles. The van der Waals surface area contributed by atoms with Gasteiger partial charge in [0.05, 0.1) is 16.1 Å². The second-order valence-electron chi connectivity index (χ2n) is 5.02. The molecule has 21 heavy (non-hydrogen) atoms. The van der Waals surface area contributed by atoms with Crippen LogP contribution < -0.4 is 10.6 Å². The van der Waals surface area contributed by atoms with Crippen molar-refractivity contribution in [2.75, 3.05) is 5.32 Å². The van der Waals surface area contributed by atoms with Crippen LogP contribution >= 0.6 is 23.2 Å². The molecule has 0 bridgehead atoms. The zero-order valence-corrected chi connectivity index (χ0v) is 12.7. The molecule has 1 atom stereocenters. The molecule has 0 aromatic heterocycles. The van der Waals surface area contributed by atoms with Gasteiger partial charge >= 0.3 is 0 Å². The van der Waals surface area contributed by atoms with Crippen LogP contribution in [-0.4, -0.2) is 11.9 Å². The van der Waals surface area contributed by atoms with Crippen LogP contribution in [0.15, 0.2) is 42.5 Å². The van der Waals surface area contributed by atoms with E-state index in [2.05, 4.69) is 22.8 Å². The van der Waals surface area contributed by atoms with E-state index in [1.807, 2.05) is 12.1 Å². The summed E-state index contributed by atoms with van der Waals surface area (Å²) in [5.41, 5.74) is 3.11. The van der Waals surface area contributed by atoms with Gasteiger partial charge < -0.3 is 10.6 Å². The molecule has 0 aliphatic carbocycles. The van der Waals surface area contributed by atoms with Gasteiger partial charge in [-0.2, -0.15) is 0 Å². The molecule has 1 amide bonds. The molecule has 1 aliphatic rings. The van der Waals surface area contributed by atoms with E-state index in [4.69, 9.17) is 23.2 Å². The summed E-state index contributed by atoms with van der Waals surface area (Å²) in [6, 6.07) is 13.0. The van der Waals surface area contributed by atoms with Crippen molar-refractivity contribution in [3.63, 3.8) is 0 Å². The second-order valence-corrected chi connectivity index (χ2v) is 5.84. The maximum absolute atomic E-state index is 12.3. The van der Waals surface area contributed by atoms with Crippen LogP contribution in [0.2, 0.25) is 10.0 Å². The number of hydrogen-bond acceptors (Lipinski definition) is 2. The maximum Gasteiger partial charge on any atom is 0.241 e. The number of fused-ring (bicyclic) bond motifs is 1. The molecule has 0 spiro atoms. The van der Waals surface area contributed by atoms with E-state index in [0.717, 1.165) is 0 Å². The highest BCUT2D eigenvalue weighted by atomic mass is 35.5. The summed E-state index contributed by atoms with van der Waals surface area (Å²) in [6.45, 7) is 0.704. The minimum absolute atomic E-state index is 0.0668. The fraction of sp³-hybridized carbons (Fsp3) is 0.188. The van der Waals surface area contributed by atoms with Crippen LogP contribution in [0, 0.1) is 0 Å². The van der Waals surface area contributed by atoms with Crippen molar-refractivity contribution >= 4 is 34.8 Å². The van der Waals surface area contributed by atoms with Crippen molar-refractivity contribution in [3.8, 4) is 0 Å². The Kier molecular flexibility index (Phi) is 4.15. The third-order valence-corrected chi connectivity index (χ3v) is 4.32. The first-order valence-corrected chi connectivity index (χ1v) is 7.45. The molecule has 2 aromatic rings. The fourth-order valence-corrected chi connectivity index (χ4v) is 2.74. The zero-order valence-electron chi connectivity index (χ0n) is 11.2. The molecule has 0 saturated carbocycles. The molecular formula is C16H14Cl2N2O. The van der Waals surface area contributed by atoms with Crippen LogP contribution in [0.3, 0.4) is 0 Å². The molecule has 3 nitrogen and oxygen atoms in total. The first kappa shape index (κ1) is 14.4. The van der Waals surface area contributed by atoms with Crippen LogP contribution in [0.1, 0.15) is 11.1 Å². The number of rotatable bonds is 2. The highest BCUT2D eigenvalue weighted by Crippen LogP contribution is 2.25. The quantitative estimate of drug-likeness (QED) is 0.886. The molecule has 1 heterocycles. The van der Waals surface area contributed by atoms with Crippen LogP contribution in [-0.2, 0) is 17.8 Å². The predicted octanol–water partition coefficient (Wildman–Crippen LogP) is 3.65. The fourth-order valence-electron chi connectivity index (χ4n) is 2.44. The topological polar surface area (TPSA) is 41.1 Å². The van der Waals surface area contributed by atoms with Gasteiger partial charge in [0, 0.05) is 12.2 Å². The first-order chi connectivity index (χ1) is 10.1. The number of carbonyl (C=O) groups is 1. The molecule has 3 rings (SSSR count). The number of carbonyl (C=O) groups excluding carboxylic acids is 1. The third kappa shape index (κ3) is 3.21. The minimum atomic E-state index is -0.241. The normalized spacial score (nSPS) is 17.1. The van der Waals surface area contributed by atoms with E-state index in [1.54, 1.807) is 18.2 Å². The van der Waals surface area contributed by atoms with Gasteiger partial charge in [0.2, 0.25) is 5.91 Å². The van der Waals surface area contributed by atoms with E-state index < -0.39 is 0 Å². The highest BCUT2D eigenvalue weighted by Gasteiger charge is 2.23. The Hall–Kier alpha value is -1.55. The summed E-state index contributed by atoms with van der Waals surface area (Å²) in [5.74, 6) is -0.0668. The zero-order chi connectivity index (χ0) is 14.8. The lowest BCUT2D eigenvalue weighted by Crippen LogP contribution is -2.44. The molecule has 2 aromatic carbocycles. The molecular weight excluding hydrogens is 307 g/mol. The predicted molar refractivity (Wildman–Crippen MR) is 85.9 cm³/mol. The van der Waals surface area contributed by atoms with Gasteiger partial charge in [0.25, 0.3) is 0 Å². The Bertz CT molecular complexity index is 688. The van der Waals surface area contributed by atoms with Crippen molar-refractivity contribution < 1.29 is 4.79 Å². The second kappa shape index (κ2) is 6.06. The highest BCUT2D eigenvalue weighted by molar-refractivity contribution is 6.42. The Morgan fingerprint density at radius 1 is 1.10 bits per heavy atom. The summed E-state index contributed by atoms with van der Waals surface area (Å²) in [4.78, 5) is 12.3. The molecule has 2 N–H and O–H groups in total. The molecule has 1 aliphatic heterocycles. The van der Waals surface area contributed by atoms with Crippen molar-refractivity contribution in [1.29, 1.82) is 0 Å². The number of benzene rings is 2. The summed E-state index contributed by atoms with van der Waals surface area (Å²) < 4.78 is 0. The SMILES string of the molecule is O=C(Nc1ccc(Cl)c(Cl)c1)C1Cc2ccccc2CN1. The Morgan fingerprint density at radius 2 is 1.86 bits per heavy atom. The summed E-state index contributed by atoms with van der Waals surface area (Å²) in [7, 11) is 0. The summed E-state index contributed by atoms with van der Waals surface area (Å²) in [5, 5.41) is 7.02. The molecule has 0 fully saturated rings. The van der Waals surface area contributed by atoms with Gasteiger partial charge in [0.1, 0.15) is 0 Å². The summed E-state index contributed by atoms with van der Waals surface area (Å²) >= 11 is 11.8. The van der Waals surface area contributed by atoms with Gasteiger partial charge in [0.15, 0.2) is 0 Å². The van der Waals surface area contributed by atoms with Gasteiger partial charge in [-0.05, 0) is 35.7 Å². The van der Waals surface area contributed by atoms with Gasteiger partial charge in [-0.25, -0.2) is 0 Å². The van der Waals surface area contributed by atoms with Crippen molar-refractivity contribution in [1.82, 2.24) is 5.32 Å². The van der Waals surface area contributed by atoms with Gasteiger partial charge in [-0.3, -0.25) is 4.79 Å². The molecule has 5 heteroatoms. The Morgan fingerprint density at radius 3 is 2.62 bits per heavy atom. The monoisotopic (exact) mass is 320 g/mol. The number of hydrogen-bond donors (Lipinski definition) is 2. The number of anilines is 1. The summed E-state index contributed by atoms with van der Waals surface area (Å²) in [6.07, 6.45) is 0.684. The van der Waals surface area contributed by atoms with Gasteiger partial charge in [-0.1, -0.05) is 47.5 Å². The average Bonchev–Trinajstić information content (AvgIpc) is 2.50. The largest absolute Gasteiger partial charge is 0.325 e. The number of halogens is 2. The lowest BCUT2D eigenvalue weighted by Gasteiger charge is -2.25. The lowest BCUT2D eigenvalue weighted by atomic mass is 9.95. The Labute approximate surface area is 133 Å². The van der Waals surface area contributed by atoms with Crippen LogP contribution in [0.4, 0.5) is 5.69 Å². The Balaban J connectivity index is 1.70. The molecule has 108 valence electrons. The van der Waals surface area contributed by atoms with Crippen molar-refractivity contribution in [2.24, 2.45) is 0 Å². The van der Waals surface area contributed by atoms with Crippen LogP contribution in [0.25, 0.3) is 0 Å². The maximum atomic E-state index is 12.3. The number of nitrogens with one attached hydrogen (secondary N) is 2. The first-order valence-electron chi connectivity index (χ1n) is 6.69. The minimum Gasteiger partial charge on any atom is -0.325 e. The number of amides is 1. The van der Waals surface area contributed by atoms with Crippen molar-refractivity contribution in [3.05, 3.63) is 63.6 Å². The average molecular weight is 321 g/mol. The van der Waals surface area contributed by atoms with E-state index in [0.29, 0.717) is 28.7 Å².